The molecular formula is C23H39IN4O3. The van der Waals surface area contributed by atoms with Gasteiger partial charge in [-0.25, -0.2) is 0 Å². The van der Waals surface area contributed by atoms with Crippen LogP contribution < -0.4 is 14.8 Å². The van der Waals surface area contributed by atoms with Crippen LogP contribution in [-0.2, 0) is 11.2 Å². The van der Waals surface area contributed by atoms with Crippen molar-refractivity contribution < 1.29 is 14.2 Å². The Morgan fingerprint density at radius 1 is 1.16 bits per heavy atom. The molecule has 7 nitrogen and oxygen atoms in total. The summed E-state index contributed by atoms with van der Waals surface area (Å²) in [7, 11) is 7.30. The van der Waals surface area contributed by atoms with Crippen LogP contribution in [0.4, 0.5) is 0 Å². The summed E-state index contributed by atoms with van der Waals surface area (Å²) in [6, 6.07) is 6.11. The van der Waals surface area contributed by atoms with Crippen molar-refractivity contribution in [1.29, 1.82) is 0 Å². The van der Waals surface area contributed by atoms with Crippen LogP contribution in [0.15, 0.2) is 23.2 Å². The van der Waals surface area contributed by atoms with Crippen LogP contribution in [0, 0.1) is 0 Å². The van der Waals surface area contributed by atoms with Crippen LogP contribution >= 0.6 is 24.0 Å². The molecule has 176 valence electrons. The standard InChI is InChI=1S/C23H38N4O3.HI/c1-24-22(25-18-23(10-15-30-16-11-23)27-12-5-6-13-27)26(2)14-9-19-7-8-20(28-3)21(17-19)29-4;/h7-8,17H,5-6,9-16,18H2,1-4H3,(H,24,25);1H. The normalized spacial score (nSPS) is 18.9. The van der Waals surface area contributed by atoms with Gasteiger partial charge in [-0.15, -0.1) is 24.0 Å². The third-order valence-corrected chi connectivity index (χ3v) is 6.53. The number of rotatable bonds is 8. The molecule has 0 spiro atoms. The van der Waals surface area contributed by atoms with E-state index in [2.05, 4.69) is 33.2 Å². The molecule has 0 aliphatic carbocycles. The van der Waals surface area contributed by atoms with Crippen molar-refractivity contribution in [3.8, 4) is 11.5 Å². The lowest BCUT2D eigenvalue weighted by molar-refractivity contribution is -0.0166. The number of hydrogen-bond acceptors (Lipinski definition) is 5. The van der Waals surface area contributed by atoms with Crippen molar-refractivity contribution >= 4 is 29.9 Å². The van der Waals surface area contributed by atoms with Gasteiger partial charge in [-0.1, -0.05) is 6.07 Å². The quantitative estimate of drug-likeness (QED) is 0.308. The van der Waals surface area contributed by atoms with Crippen LogP contribution in [0.3, 0.4) is 0 Å². The van der Waals surface area contributed by atoms with E-state index in [0.29, 0.717) is 0 Å². The van der Waals surface area contributed by atoms with Crippen molar-refractivity contribution in [3.05, 3.63) is 23.8 Å². The fourth-order valence-electron chi connectivity index (χ4n) is 4.61. The molecule has 1 N–H and O–H groups in total. The van der Waals surface area contributed by atoms with Gasteiger partial charge in [-0.2, -0.15) is 0 Å². The van der Waals surface area contributed by atoms with Crippen molar-refractivity contribution in [3.63, 3.8) is 0 Å². The van der Waals surface area contributed by atoms with Gasteiger partial charge in [0.1, 0.15) is 0 Å². The number of nitrogens with zero attached hydrogens (tertiary/aromatic N) is 3. The number of benzene rings is 1. The van der Waals surface area contributed by atoms with E-state index in [9.17, 15) is 0 Å². The summed E-state index contributed by atoms with van der Waals surface area (Å²) in [6.45, 7) is 5.90. The summed E-state index contributed by atoms with van der Waals surface area (Å²) < 4.78 is 16.4. The highest BCUT2D eigenvalue weighted by molar-refractivity contribution is 14.0. The molecule has 1 aromatic carbocycles. The van der Waals surface area contributed by atoms with Gasteiger partial charge in [0, 0.05) is 45.9 Å². The Labute approximate surface area is 204 Å². The zero-order valence-electron chi connectivity index (χ0n) is 19.5. The average Bonchev–Trinajstić information content (AvgIpc) is 3.34. The number of likely N-dealkylation sites (tertiary alicyclic amines) is 1. The minimum Gasteiger partial charge on any atom is -0.493 e. The van der Waals surface area contributed by atoms with Crippen molar-refractivity contribution in [2.75, 3.05) is 67.7 Å². The Bertz CT molecular complexity index is 704. The van der Waals surface area contributed by atoms with Crippen molar-refractivity contribution in [1.82, 2.24) is 15.1 Å². The SMILES string of the molecule is CN=C(NCC1(N2CCCC2)CCOCC1)N(C)CCc1ccc(OC)c(OC)c1.I. The van der Waals surface area contributed by atoms with Crippen LogP contribution in [0.1, 0.15) is 31.2 Å². The summed E-state index contributed by atoms with van der Waals surface area (Å²) in [5.74, 6) is 2.48. The van der Waals surface area contributed by atoms with E-state index in [1.54, 1.807) is 14.2 Å². The zero-order chi connectivity index (χ0) is 21.4. The predicted molar refractivity (Wildman–Crippen MR) is 136 cm³/mol. The first kappa shape index (κ1) is 26.0. The van der Waals surface area contributed by atoms with E-state index in [1.165, 1.54) is 31.5 Å². The van der Waals surface area contributed by atoms with Crippen LogP contribution in [0.5, 0.6) is 11.5 Å². The van der Waals surface area contributed by atoms with E-state index >= 15 is 0 Å². The van der Waals surface area contributed by atoms with Crippen LogP contribution in [0.25, 0.3) is 0 Å². The molecule has 3 rings (SSSR count). The predicted octanol–water partition coefficient (Wildman–Crippen LogP) is 3.02. The highest BCUT2D eigenvalue weighted by Gasteiger charge is 2.39. The van der Waals surface area contributed by atoms with E-state index in [1.807, 2.05) is 19.2 Å². The first-order chi connectivity index (χ1) is 14.6. The van der Waals surface area contributed by atoms with Crippen LogP contribution in [0.2, 0.25) is 0 Å². The summed E-state index contributed by atoms with van der Waals surface area (Å²) in [5, 5.41) is 3.67. The van der Waals surface area contributed by atoms with Gasteiger partial charge in [-0.05, 0) is 62.9 Å². The molecule has 1 aromatic rings. The molecule has 0 unspecified atom stereocenters. The Kier molecular flexibility index (Phi) is 10.6. The molecule has 31 heavy (non-hydrogen) atoms. The summed E-state index contributed by atoms with van der Waals surface area (Å²) in [4.78, 5) is 9.42. The molecule has 2 aliphatic heterocycles. The van der Waals surface area contributed by atoms with E-state index in [-0.39, 0.29) is 29.5 Å². The van der Waals surface area contributed by atoms with Gasteiger partial charge >= 0.3 is 0 Å². The van der Waals surface area contributed by atoms with E-state index in [4.69, 9.17) is 14.2 Å². The van der Waals surface area contributed by atoms with Gasteiger partial charge in [0.15, 0.2) is 17.5 Å². The number of hydrogen-bond donors (Lipinski definition) is 1. The highest BCUT2D eigenvalue weighted by atomic mass is 127. The number of halogens is 1. The second kappa shape index (κ2) is 12.7. The first-order valence-electron chi connectivity index (χ1n) is 11.1. The van der Waals surface area contributed by atoms with Crippen molar-refractivity contribution in [2.24, 2.45) is 4.99 Å². The maximum Gasteiger partial charge on any atom is 0.193 e. The Morgan fingerprint density at radius 3 is 2.45 bits per heavy atom. The van der Waals surface area contributed by atoms with Gasteiger partial charge in [0.25, 0.3) is 0 Å². The van der Waals surface area contributed by atoms with Crippen LogP contribution in [-0.4, -0.2) is 89.0 Å². The molecule has 0 atom stereocenters. The molecule has 0 bridgehead atoms. The van der Waals surface area contributed by atoms with E-state index < -0.39 is 0 Å². The number of guanidine groups is 1. The van der Waals surface area contributed by atoms with Crippen molar-refractivity contribution in [2.45, 2.75) is 37.6 Å². The lowest BCUT2D eigenvalue weighted by Gasteiger charge is -2.45. The van der Waals surface area contributed by atoms with Gasteiger partial charge in [0.05, 0.1) is 14.2 Å². The topological polar surface area (TPSA) is 58.6 Å². The largest absolute Gasteiger partial charge is 0.493 e. The lowest BCUT2D eigenvalue weighted by atomic mass is 9.88. The molecule has 2 saturated heterocycles. The zero-order valence-corrected chi connectivity index (χ0v) is 21.8. The number of likely N-dealkylation sites (N-methyl/N-ethyl adjacent to an activating group) is 1. The first-order valence-corrected chi connectivity index (χ1v) is 11.1. The van der Waals surface area contributed by atoms with Gasteiger partial charge in [-0.3, -0.25) is 9.89 Å². The minimum absolute atomic E-state index is 0. The van der Waals surface area contributed by atoms with E-state index in [0.717, 1.165) is 63.0 Å². The molecule has 0 saturated carbocycles. The minimum atomic E-state index is 0. The summed E-state index contributed by atoms with van der Waals surface area (Å²) in [5.41, 5.74) is 1.41. The maximum absolute atomic E-state index is 5.67. The second-order valence-electron chi connectivity index (χ2n) is 8.29. The molecule has 0 radical (unpaired) electrons. The molecule has 0 amide bonds. The molecule has 0 aromatic heterocycles. The third-order valence-electron chi connectivity index (χ3n) is 6.53. The van der Waals surface area contributed by atoms with Gasteiger partial charge < -0.3 is 24.4 Å². The second-order valence-corrected chi connectivity index (χ2v) is 8.29. The third kappa shape index (κ3) is 6.61. The fraction of sp³-hybridized carbons (Fsp3) is 0.696. The summed E-state index contributed by atoms with van der Waals surface area (Å²) in [6.07, 6.45) is 5.70. The molecule has 2 fully saturated rings. The number of aliphatic imine (C=N–C) groups is 1. The highest BCUT2D eigenvalue weighted by Crippen LogP contribution is 2.31. The molecular weight excluding hydrogens is 507 g/mol. The maximum atomic E-state index is 5.67. The lowest BCUT2D eigenvalue weighted by Crippen LogP contribution is -2.58. The van der Waals surface area contributed by atoms with Gasteiger partial charge in [0.2, 0.25) is 0 Å². The monoisotopic (exact) mass is 546 g/mol. The number of nitrogens with one attached hydrogen (secondary N) is 1. The number of methoxy groups -OCH3 is 2. The smallest absolute Gasteiger partial charge is 0.193 e. The fourth-order valence-corrected chi connectivity index (χ4v) is 4.61. The average molecular weight is 546 g/mol. The number of ether oxygens (including phenoxy) is 3. The Morgan fingerprint density at radius 2 is 1.84 bits per heavy atom. The Hall–Kier alpha value is -1.26. The molecule has 8 heteroatoms. The molecule has 2 heterocycles. The molecule has 2 aliphatic rings. The summed E-state index contributed by atoms with van der Waals surface area (Å²) >= 11 is 0. The Balaban J connectivity index is 0.00000341.